The zero-order valence-corrected chi connectivity index (χ0v) is 30.4. The van der Waals surface area contributed by atoms with E-state index in [4.69, 9.17) is 51.1 Å². The molecule has 240 valence electrons. The molecular formula is C36H27BrCl4N2O3S. The van der Waals surface area contributed by atoms with Gasteiger partial charge in [0.25, 0.3) is 5.91 Å². The number of ketones is 1. The van der Waals surface area contributed by atoms with Gasteiger partial charge in [0.05, 0.1) is 19.6 Å². The minimum absolute atomic E-state index is 0.141. The Bertz CT molecular complexity index is 1940. The van der Waals surface area contributed by atoms with Crippen molar-refractivity contribution in [3.63, 3.8) is 0 Å². The molecule has 0 radical (unpaired) electrons. The number of ether oxygens (including phenoxy) is 1. The summed E-state index contributed by atoms with van der Waals surface area (Å²) in [5, 5.41) is 1.89. The predicted molar refractivity (Wildman–Crippen MR) is 196 cm³/mol. The van der Waals surface area contributed by atoms with Gasteiger partial charge in [0.1, 0.15) is 11.3 Å². The summed E-state index contributed by atoms with van der Waals surface area (Å²) in [6.45, 7) is 0.328. The summed E-state index contributed by atoms with van der Waals surface area (Å²) in [5.74, 6) is 0.499. The van der Waals surface area contributed by atoms with Crippen molar-refractivity contribution in [1.29, 1.82) is 0 Å². The van der Waals surface area contributed by atoms with E-state index in [0.717, 1.165) is 38.4 Å². The van der Waals surface area contributed by atoms with Crippen molar-refractivity contribution in [2.24, 2.45) is 5.92 Å². The number of thioether (sulfide) groups is 1. The van der Waals surface area contributed by atoms with Gasteiger partial charge in [-0.2, -0.15) is 0 Å². The van der Waals surface area contributed by atoms with Crippen LogP contribution in [0.4, 0.5) is 5.69 Å². The van der Waals surface area contributed by atoms with E-state index in [2.05, 4.69) is 20.8 Å². The number of carbonyl (C=O) groups excluding carboxylic acids is 2. The Kier molecular flexibility index (Phi) is 9.20. The molecule has 4 atom stereocenters. The Labute approximate surface area is 305 Å². The number of allylic oxidation sites excluding steroid dienone is 1. The SMILES string of the molecule is COc1ccc(CN2C(=O)C3(c4cc(Br)ccc42)[C@H](C(=O)/C=C/c2ccc(Cl)cc2Cl)[C@@H](c2ccc(Cl)cc2Cl)[C@@H]2CSCN23)cc1. The fourth-order valence-corrected chi connectivity index (χ4v) is 10.1. The molecular weight excluding hydrogens is 762 g/mol. The van der Waals surface area contributed by atoms with E-state index in [1.807, 2.05) is 53.4 Å². The van der Waals surface area contributed by atoms with Crippen LogP contribution in [0, 0.1) is 5.92 Å². The fourth-order valence-electron chi connectivity index (χ4n) is 7.36. The lowest BCUT2D eigenvalue weighted by Crippen LogP contribution is -2.54. The maximum atomic E-state index is 15.3. The minimum atomic E-state index is -1.29. The summed E-state index contributed by atoms with van der Waals surface area (Å²) in [6, 6.07) is 23.9. The maximum Gasteiger partial charge on any atom is 0.253 e. The van der Waals surface area contributed by atoms with Gasteiger partial charge in [0.15, 0.2) is 5.78 Å². The number of anilines is 1. The highest BCUT2D eigenvalue weighted by Gasteiger charge is 2.70. The Morgan fingerprint density at radius 2 is 1.70 bits per heavy atom. The molecule has 1 spiro atoms. The van der Waals surface area contributed by atoms with Crippen molar-refractivity contribution in [2.45, 2.75) is 24.0 Å². The molecule has 3 heterocycles. The molecule has 7 rings (SSSR count). The number of rotatable bonds is 7. The molecule has 0 aromatic heterocycles. The van der Waals surface area contributed by atoms with Crippen LogP contribution in [0.15, 0.2) is 89.4 Å². The van der Waals surface area contributed by atoms with Crippen LogP contribution < -0.4 is 9.64 Å². The summed E-state index contributed by atoms with van der Waals surface area (Å²) in [6.07, 6.45) is 3.24. The quantitative estimate of drug-likeness (QED) is 0.175. The molecule has 5 nitrogen and oxygen atoms in total. The Balaban J connectivity index is 1.42. The molecule has 4 aromatic carbocycles. The van der Waals surface area contributed by atoms with E-state index < -0.39 is 17.4 Å². The topological polar surface area (TPSA) is 49.9 Å². The monoisotopic (exact) mass is 786 g/mol. The van der Waals surface area contributed by atoms with Crippen LogP contribution in [-0.4, -0.2) is 41.4 Å². The van der Waals surface area contributed by atoms with Crippen molar-refractivity contribution < 1.29 is 14.3 Å². The van der Waals surface area contributed by atoms with Crippen molar-refractivity contribution in [2.75, 3.05) is 23.6 Å². The zero-order chi connectivity index (χ0) is 33.0. The first-order valence-corrected chi connectivity index (χ1v) is 18.3. The lowest BCUT2D eigenvalue weighted by molar-refractivity contribution is -0.136. The lowest BCUT2D eigenvalue weighted by atomic mass is 9.70. The summed E-state index contributed by atoms with van der Waals surface area (Å²) in [5.41, 5.74) is 2.65. The first-order chi connectivity index (χ1) is 22.6. The van der Waals surface area contributed by atoms with Gasteiger partial charge in [0, 0.05) is 59.4 Å². The highest BCUT2D eigenvalue weighted by molar-refractivity contribution is 9.10. The van der Waals surface area contributed by atoms with Gasteiger partial charge in [0.2, 0.25) is 0 Å². The van der Waals surface area contributed by atoms with Gasteiger partial charge in [-0.15, -0.1) is 11.8 Å². The molecule has 0 bridgehead atoms. The van der Waals surface area contributed by atoms with Gasteiger partial charge in [-0.25, -0.2) is 0 Å². The Morgan fingerprint density at radius 1 is 0.979 bits per heavy atom. The molecule has 3 aliphatic heterocycles. The van der Waals surface area contributed by atoms with Crippen LogP contribution >= 0.6 is 74.1 Å². The average molecular weight is 789 g/mol. The van der Waals surface area contributed by atoms with Crippen LogP contribution in [0.25, 0.3) is 6.08 Å². The second kappa shape index (κ2) is 13.1. The third-order valence-corrected chi connectivity index (χ3v) is 12.0. The van der Waals surface area contributed by atoms with Crippen molar-refractivity contribution in [1.82, 2.24) is 4.90 Å². The molecule has 1 unspecified atom stereocenters. The predicted octanol–water partition coefficient (Wildman–Crippen LogP) is 9.88. The second-order valence-corrected chi connectivity index (χ2v) is 15.4. The number of amides is 1. The lowest BCUT2D eigenvalue weighted by Gasteiger charge is -2.37. The second-order valence-electron chi connectivity index (χ2n) is 11.8. The standard InChI is InChI=1S/C36H27BrCl4N2O3S/c1-46-25-9-2-20(3-10-25)17-42-30-12-6-22(37)14-27(30)36(35(42)45)34(32(44)13-5-21-4-7-23(38)15-28(21)40)33(31-18-47-19-43(31)36)26-11-8-24(39)16-29(26)41/h2-16,31,33-34H,17-19H2,1H3/b13-5+/t31-,33-,34+,36?/m0/s1. The van der Waals surface area contributed by atoms with Crippen LogP contribution in [0.1, 0.15) is 28.2 Å². The van der Waals surface area contributed by atoms with Gasteiger partial charge in [-0.3, -0.25) is 14.5 Å². The van der Waals surface area contributed by atoms with Crippen LogP contribution in [0.2, 0.25) is 20.1 Å². The summed E-state index contributed by atoms with van der Waals surface area (Å²) < 4.78 is 6.18. The highest BCUT2D eigenvalue weighted by atomic mass is 79.9. The van der Waals surface area contributed by atoms with Crippen molar-refractivity contribution in [3.05, 3.63) is 132 Å². The molecule has 2 saturated heterocycles. The Hall–Kier alpha value is -2.49. The first kappa shape index (κ1) is 33.0. The number of carbonyl (C=O) groups is 2. The van der Waals surface area contributed by atoms with Crippen LogP contribution in [0.3, 0.4) is 0 Å². The zero-order valence-electron chi connectivity index (χ0n) is 24.9. The molecule has 0 aliphatic carbocycles. The van der Waals surface area contributed by atoms with E-state index in [0.29, 0.717) is 38.1 Å². The minimum Gasteiger partial charge on any atom is -0.497 e. The number of benzene rings is 4. The number of methoxy groups -OCH3 is 1. The maximum absolute atomic E-state index is 15.3. The normalized spacial score (nSPS) is 23.6. The van der Waals surface area contributed by atoms with Gasteiger partial charge >= 0.3 is 0 Å². The van der Waals surface area contributed by atoms with Gasteiger partial charge in [-0.1, -0.05) is 86.6 Å². The van der Waals surface area contributed by atoms with Crippen molar-refractivity contribution >= 4 is 97.5 Å². The van der Waals surface area contributed by atoms with Crippen molar-refractivity contribution in [3.8, 4) is 5.75 Å². The molecule has 3 aliphatic rings. The molecule has 4 aromatic rings. The van der Waals surface area contributed by atoms with E-state index in [-0.39, 0.29) is 17.7 Å². The number of hydrogen-bond donors (Lipinski definition) is 0. The smallest absolute Gasteiger partial charge is 0.253 e. The summed E-state index contributed by atoms with van der Waals surface area (Å²) in [7, 11) is 1.62. The number of nitrogens with zero attached hydrogens (tertiary/aromatic N) is 2. The summed E-state index contributed by atoms with van der Waals surface area (Å²) >= 11 is 31.3. The molecule has 0 N–H and O–H groups in total. The van der Waals surface area contributed by atoms with E-state index >= 15 is 4.79 Å². The van der Waals surface area contributed by atoms with Gasteiger partial charge < -0.3 is 9.64 Å². The molecule has 1 amide bonds. The third kappa shape index (κ3) is 5.62. The fraction of sp³-hybridized carbons (Fsp3) is 0.222. The number of hydrogen-bond acceptors (Lipinski definition) is 5. The van der Waals surface area contributed by atoms with E-state index in [9.17, 15) is 4.79 Å². The van der Waals surface area contributed by atoms with Gasteiger partial charge in [-0.05, 0) is 83.4 Å². The number of fused-ring (bicyclic) bond motifs is 4. The third-order valence-electron chi connectivity index (χ3n) is 9.34. The largest absolute Gasteiger partial charge is 0.497 e. The highest BCUT2D eigenvalue weighted by Crippen LogP contribution is 2.63. The Morgan fingerprint density at radius 3 is 2.40 bits per heavy atom. The van der Waals surface area contributed by atoms with E-state index in [1.54, 1.807) is 61.4 Å². The van der Waals surface area contributed by atoms with E-state index in [1.165, 1.54) is 0 Å². The number of halogens is 5. The molecule has 47 heavy (non-hydrogen) atoms. The average Bonchev–Trinajstić information content (AvgIpc) is 3.70. The molecule has 2 fully saturated rings. The van der Waals surface area contributed by atoms with Crippen LogP contribution in [-0.2, 0) is 21.7 Å². The summed E-state index contributed by atoms with van der Waals surface area (Å²) in [4.78, 5) is 34.3. The van der Waals surface area contributed by atoms with Crippen LogP contribution in [0.5, 0.6) is 5.75 Å². The molecule has 0 saturated carbocycles. The first-order valence-electron chi connectivity index (χ1n) is 14.8. The molecule has 11 heteroatoms.